The summed E-state index contributed by atoms with van der Waals surface area (Å²) in [7, 11) is 2.53. The summed E-state index contributed by atoms with van der Waals surface area (Å²) in [5.74, 6) is -0.101. The average molecular weight is 357 g/mol. The third-order valence-electron chi connectivity index (χ3n) is 3.59. The maximum atomic E-state index is 12.4. The van der Waals surface area contributed by atoms with Crippen LogP contribution >= 0.6 is 0 Å². The number of hydrogen-bond acceptors (Lipinski definition) is 6. The summed E-state index contributed by atoms with van der Waals surface area (Å²) in [6, 6.07) is 7.25. The lowest BCUT2D eigenvalue weighted by atomic mass is 10.1. The van der Waals surface area contributed by atoms with E-state index in [4.69, 9.17) is 14.2 Å². The van der Waals surface area contributed by atoms with Crippen molar-refractivity contribution in [3.63, 3.8) is 0 Å². The highest BCUT2D eigenvalue weighted by Gasteiger charge is 2.27. The fourth-order valence-electron chi connectivity index (χ4n) is 2.33. The molecule has 0 N–H and O–H groups in total. The number of benzene rings is 1. The van der Waals surface area contributed by atoms with E-state index in [1.807, 2.05) is 24.3 Å². The number of carbonyl (C=O) groups is 2. The Morgan fingerprint density at radius 1 is 1.00 bits per heavy atom. The van der Waals surface area contributed by atoms with Crippen LogP contribution in [0, 0.1) is 5.92 Å². The predicted octanol–water partition coefficient (Wildman–Crippen LogP) is 3.21. The second kappa shape index (κ2) is 8.89. The quantitative estimate of drug-likeness (QED) is 0.729. The van der Waals surface area contributed by atoms with Crippen LogP contribution in [0.3, 0.4) is 0 Å². The van der Waals surface area contributed by atoms with Gasteiger partial charge in [-0.2, -0.15) is 0 Å². The Labute approximate surface area is 153 Å². The zero-order valence-electron chi connectivity index (χ0n) is 15.4. The van der Waals surface area contributed by atoms with Crippen molar-refractivity contribution in [2.45, 2.75) is 13.8 Å². The summed E-state index contributed by atoms with van der Waals surface area (Å²) in [5.41, 5.74) is 0.883. The van der Waals surface area contributed by atoms with E-state index in [-0.39, 0.29) is 11.3 Å². The van der Waals surface area contributed by atoms with Crippen molar-refractivity contribution in [2.75, 3.05) is 25.7 Å². The van der Waals surface area contributed by atoms with E-state index < -0.39 is 11.9 Å². The van der Waals surface area contributed by atoms with E-state index in [0.29, 0.717) is 18.2 Å². The van der Waals surface area contributed by atoms with Crippen LogP contribution in [0.15, 0.2) is 60.0 Å². The molecule has 6 heteroatoms. The first-order chi connectivity index (χ1) is 12.5. The van der Waals surface area contributed by atoms with Crippen LogP contribution in [0.25, 0.3) is 0 Å². The molecule has 0 bridgehead atoms. The van der Waals surface area contributed by atoms with Gasteiger partial charge in [0.1, 0.15) is 11.4 Å². The number of hydrogen-bond donors (Lipinski definition) is 0. The second-order valence-electron chi connectivity index (χ2n) is 6.01. The van der Waals surface area contributed by atoms with Crippen LogP contribution in [-0.2, 0) is 19.1 Å². The molecule has 0 saturated heterocycles. The molecule has 1 aliphatic rings. The summed E-state index contributed by atoms with van der Waals surface area (Å²) in [6.07, 6.45) is 6.59. The number of anilines is 1. The predicted molar refractivity (Wildman–Crippen MR) is 98.6 cm³/mol. The standard InChI is InChI=1S/C20H23NO5/c1-14(2)13-26-16-10-8-15(9-11-16)21-12-6-5-7-17(19(22)24-3)18(21)20(23)25-4/h5-12,14H,13H2,1-4H3. The Kier molecular flexibility index (Phi) is 6.60. The lowest BCUT2D eigenvalue weighted by Gasteiger charge is -2.23. The molecule has 1 aromatic carbocycles. The fourth-order valence-corrected chi connectivity index (χ4v) is 2.33. The molecule has 6 nitrogen and oxygen atoms in total. The molecule has 0 spiro atoms. The van der Waals surface area contributed by atoms with E-state index in [1.54, 1.807) is 23.3 Å². The maximum Gasteiger partial charge on any atom is 0.355 e. The molecule has 0 saturated carbocycles. The van der Waals surface area contributed by atoms with Gasteiger partial charge in [-0.1, -0.05) is 19.9 Å². The zero-order valence-corrected chi connectivity index (χ0v) is 15.4. The molecule has 26 heavy (non-hydrogen) atoms. The topological polar surface area (TPSA) is 65.1 Å². The molecular formula is C20H23NO5. The molecule has 138 valence electrons. The number of carbonyl (C=O) groups excluding carboxylic acids is 2. The van der Waals surface area contributed by atoms with Crippen molar-refractivity contribution in [3.05, 3.63) is 60.0 Å². The Morgan fingerprint density at radius 2 is 1.65 bits per heavy atom. The van der Waals surface area contributed by atoms with Gasteiger partial charge in [0.15, 0.2) is 0 Å². The lowest BCUT2D eigenvalue weighted by molar-refractivity contribution is -0.139. The first-order valence-corrected chi connectivity index (χ1v) is 8.25. The molecule has 0 atom stereocenters. The monoisotopic (exact) mass is 357 g/mol. The van der Waals surface area contributed by atoms with Crippen LogP contribution in [0.4, 0.5) is 5.69 Å². The van der Waals surface area contributed by atoms with Crippen molar-refractivity contribution in [2.24, 2.45) is 5.92 Å². The third kappa shape index (κ3) is 4.53. The van der Waals surface area contributed by atoms with Crippen molar-refractivity contribution in [1.82, 2.24) is 0 Å². The highest BCUT2D eigenvalue weighted by Crippen LogP contribution is 2.28. The van der Waals surface area contributed by atoms with E-state index in [9.17, 15) is 9.59 Å². The minimum absolute atomic E-state index is 0.0835. The Hall–Kier alpha value is -3.02. The summed E-state index contributed by atoms with van der Waals surface area (Å²) in [6.45, 7) is 4.77. The van der Waals surface area contributed by atoms with Crippen LogP contribution in [0.5, 0.6) is 5.75 Å². The number of nitrogens with zero attached hydrogens (tertiary/aromatic N) is 1. The molecule has 0 radical (unpaired) electrons. The van der Waals surface area contributed by atoms with Crippen molar-refractivity contribution < 1.29 is 23.8 Å². The molecule has 1 aliphatic heterocycles. The van der Waals surface area contributed by atoms with Gasteiger partial charge < -0.3 is 19.1 Å². The van der Waals surface area contributed by atoms with Gasteiger partial charge in [0.25, 0.3) is 0 Å². The molecule has 0 aromatic heterocycles. The number of rotatable bonds is 6. The van der Waals surface area contributed by atoms with Crippen LogP contribution in [0.1, 0.15) is 13.8 Å². The van der Waals surface area contributed by atoms with Crippen molar-refractivity contribution in [1.29, 1.82) is 0 Å². The molecule has 2 rings (SSSR count). The van der Waals surface area contributed by atoms with E-state index in [2.05, 4.69) is 13.8 Å². The molecule has 0 amide bonds. The largest absolute Gasteiger partial charge is 0.493 e. The van der Waals surface area contributed by atoms with Crippen molar-refractivity contribution in [3.8, 4) is 5.75 Å². The SMILES string of the molecule is COC(=O)C1=C(C(=O)OC)N(c2ccc(OCC(C)C)cc2)C=CC=C1. The minimum atomic E-state index is -0.637. The highest BCUT2D eigenvalue weighted by molar-refractivity contribution is 6.05. The van der Waals surface area contributed by atoms with Crippen LogP contribution in [-0.4, -0.2) is 32.8 Å². The number of ether oxygens (including phenoxy) is 3. The second-order valence-corrected chi connectivity index (χ2v) is 6.01. The summed E-state index contributed by atoms with van der Waals surface area (Å²) in [4.78, 5) is 26.1. The van der Waals surface area contributed by atoms with Crippen LogP contribution < -0.4 is 9.64 Å². The Balaban J connectivity index is 2.41. The minimum Gasteiger partial charge on any atom is -0.493 e. The molecule has 0 fully saturated rings. The van der Waals surface area contributed by atoms with Gasteiger partial charge in [-0.3, -0.25) is 0 Å². The first-order valence-electron chi connectivity index (χ1n) is 8.25. The normalized spacial score (nSPS) is 13.7. The molecule has 1 heterocycles. The van der Waals surface area contributed by atoms with Crippen molar-refractivity contribution >= 4 is 17.6 Å². The Bertz CT molecular complexity index is 744. The van der Waals surface area contributed by atoms with Gasteiger partial charge in [-0.05, 0) is 42.3 Å². The van der Waals surface area contributed by atoms with Gasteiger partial charge in [0, 0.05) is 11.9 Å². The molecule has 0 aliphatic carbocycles. The highest BCUT2D eigenvalue weighted by atomic mass is 16.5. The molecular weight excluding hydrogens is 334 g/mol. The Morgan fingerprint density at radius 3 is 2.23 bits per heavy atom. The maximum absolute atomic E-state index is 12.4. The summed E-state index contributed by atoms with van der Waals surface area (Å²) in [5, 5.41) is 0. The van der Waals surface area contributed by atoms with Gasteiger partial charge in [0.05, 0.1) is 26.4 Å². The molecule has 0 unspecified atom stereocenters. The average Bonchev–Trinajstić information content (AvgIpc) is 2.88. The number of allylic oxidation sites excluding steroid dienone is 2. The summed E-state index contributed by atoms with van der Waals surface area (Å²) < 4.78 is 15.3. The van der Waals surface area contributed by atoms with Crippen LogP contribution in [0.2, 0.25) is 0 Å². The van der Waals surface area contributed by atoms with Gasteiger partial charge in [-0.25, -0.2) is 9.59 Å². The van der Waals surface area contributed by atoms with Gasteiger partial charge in [0.2, 0.25) is 0 Å². The lowest BCUT2D eigenvalue weighted by Crippen LogP contribution is -2.26. The van der Waals surface area contributed by atoms with Gasteiger partial charge in [-0.15, -0.1) is 0 Å². The third-order valence-corrected chi connectivity index (χ3v) is 3.59. The van der Waals surface area contributed by atoms with E-state index in [0.717, 1.165) is 5.75 Å². The number of methoxy groups -OCH3 is 2. The van der Waals surface area contributed by atoms with E-state index in [1.165, 1.54) is 20.3 Å². The smallest absolute Gasteiger partial charge is 0.355 e. The molecule has 1 aromatic rings. The van der Waals surface area contributed by atoms with Gasteiger partial charge >= 0.3 is 11.9 Å². The zero-order chi connectivity index (χ0) is 19.1. The fraction of sp³-hybridized carbons (Fsp3) is 0.300. The van der Waals surface area contributed by atoms with E-state index >= 15 is 0 Å². The first kappa shape index (κ1) is 19.3. The number of esters is 2. The summed E-state index contributed by atoms with van der Waals surface area (Å²) >= 11 is 0.